The van der Waals surface area contributed by atoms with Gasteiger partial charge in [0.05, 0.1) is 0 Å². The Morgan fingerprint density at radius 1 is 1.88 bits per heavy atom. The zero-order chi connectivity index (χ0) is 6.41. The van der Waals surface area contributed by atoms with Gasteiger partial charge in [0.1, 0.15) is 6.61 Å². The lowest BCUT2D eigenvalue weighted by atomic mass is 10.5. The molecule has 0 atom stereocenters. The van der Waals surface area contributed by atoms with Crippen LogP contribution in [-0.4, -0.2) is 18.8 Å². The van der Waals surface area contributed by atoms with Crippen molar-refractivity contribution < 1.29 is 9.53 Å². The van der Waals surface area contributed by atoms with Gasteiger partial charge in [-0.2, -0.15) is 0 Å². The van der Waals surface area contributed by atoms with Crippen molar-refractivity contribution in [2.45, 2.75) is 13.3 Å². The second-order valence-electron chi connectivity index (χ2n) is 1.24. The van der Waals surface area contributed by atoms with Gasteiger partial charge in [0, 0.05) is 12.6 Å². The van der Waals surface area contributed by atoms with E-state index < -0.39 is 0 Å². The maximum absolute atomic E-state index is 10.2. The van der Waals surface area contributed by atoms with Crippen LogP contribution in [0.1, 0.15) is 13.3 Å². The van der Waals surface area contributed by atoms with Gasteiger partial charge in [-0.05, 0) is 0 Å². The number of carbonyl (C=O) groups is 1. The minimum absolute atomic E-state index is 0.104. The van der Waals surface area contributed by atoms with Crippen LogP contribution >= 0.6 is 0 Å². The van der Waals surface area contributed by atoms with Crippen LogP contribution in [0.5, 0.6) is 0 Å². The van der Waals surface area contributed by atoms with Gasteiger partial charge < -0.3 is 10.1 Å². The number of carbonyl (C=O) groups excluding carboxylic acids is 1. The Kier molecular flexibility index (Phi) is 3.84. The summed E-state index contributed by atoms with van der Waals surface area (Å²) in [6.45, 7) is 1.82. The molecule has 0 saturated carbocycles. The molecule has 0 aromatic heterocycles. The first-order valence-corrected chi connectivity index (χ1v) is 2.45. The van der Waals surface area contributed by atoms with Crippen molar-refractivity contribution in [2.75, 3.05) is 6.61 Å². The summed E-state index contributed by atoms with van der Waals surface area (Å²) in [5, 5.41) is 6.47. The molecule has 0 aromatic rings. The summed E-state index contributed by atoms with van der Waals surface area (Å²) in [4.78, 5) is 10.2. The largest absolute Gasteiger partial charge is 0.460 e. The Morgan fingerprint density at radius 2 is 2.50 bits per heavy atom. The lowest BCUT2D eigenvalue weighted by Gasteiger charge is -1.94. The van der Waals surface area contributed by atoms with Crippen LogP contribution < -0.4 is 0 Å². The highest BCUT2D eigenvalue weighted by atomic mass is 16.5. The molecule has 8 heavy (non-hydrogen) atoms. The molecule has 0 unspecified atom stereocenters. The fourth-order valence-electron chi connectivity index (χ4n) is 0.237. The molecular weight excluding hydrogens is 106 g/mol. The van der Waals surface area contributed by atoms with E-state index >= 15 is 0 Å². The molecule has 0 aliphatic rings. The third kappa shape index (κ3) is 3.33. The van der Waals surface area contributed by atoms with E-state index in [0.717, 1.165) is 6.21 Å². The Bertz CT molecular complexity index is 90.4. The number of esters is 1. The van der Waals surface area contributed by atoms with Crippen molar-refractivity contribution in [3.8, 4) is 0 Å². The topological polar surface area (TPSA) is 50.2 Å². The van der Waals surface area contributed by atoms with E-state index in [1.165, 1.54) is 0 Å². The summed E-state index contributed by atoms with van der Waals surface area (Å²) >= 11 is 0. The summed E-state index contributed by atoms with van der Waals surface area (Å²) in [7, 11) is 0. The molecule has 1 N–H and O–H groups in total. The number of hydrogen-bond acceptors (Lipinski definition) is 3. The predicted molar refractivity (Wildman–Crippen MR) is 30.0 cm³/mol. The minimum atomic E-state index is -0.256. The Morgan fingerprint density at radius 3 is 2.88 bits per heavy atom. The molecule has 0 amide bonds. The molecule has 0 aliphatic heterocycles. The van der Waals surface area contributed by atoms with Gasteiger partial charge in [0.2, 0.25) is 0 Å². The van der Waals surface area contributed by atoms with E-state index in [1.54, 1.807) is 6.92 Å². The average molecular weight is 115 g/mol. The third-order valence-corrected chi connectivity index (χ3v) is 0.616. The minimum Gasteiger partial charge on any atom is -0.460 e. The standard InChI is InChI=1S/C5H9NO2/c1-2-5(7)8-4-3-6/h3,6H,2,4H2,1H3. The van der Waals surface area contributed by atoms with Crippen LogP contribution in [0.15, 0.2) is 0 Å². The van der Waals surface area contributed by atoms with Crippen molar-refractivity contribution >= 4 is 12.2 Å². The van der Waals surface area contributed by atoms with Crippen LogP contribution in [0.2, 0.25) is 0 Å². The Labute approximate surface area is 48.2 Å². The highest BCUT2D eigenvalue weighted by Crippen LogP contribution is 1.80. The first-order chi connectivity index (χ1) is 3.81. The summed E-state index contributed by atoms with van der Waals surface area (Å²) < 4.78 is 4.46. The molecule has 0 aliphatic carbocycles. The van der Waals surface area contributed by atoms with E-state index in [2.05, 4.69) is 4.74 Å². The molecule has 0 spiro atoms. The fraction of sp³-hybridized carbons (Fsp3) is 0.600. The number of rotatable bonds is 3. The molecule has 46 valence electrons. The molecular formula is C5H9NO2. The molecule has 0 fully saturated rings. The first-order valence-electron chi connectivity index (χ1n) is 2.45. The second kappa shape index (κ2) is 4.30. The van der Waals surface area contributed by atoms with E-state index in [4.69, 9.17) is 5.41 Å². The highest BCUT2D eigenvalue weighted by molar-refractivity contribution is 5.71. The predicted octanol–water partition coefficient (Wildman–Crippen LogP) is 0.589. The molecule has 0 radical (unpaired) electrons. The van der Waals surface area contributed by atoms with E-state index in [0.29, 0.717) is 6.42 Å². The van der Waals surface area contributed by atoms with Crippen molar-refractivity contribution in [1.29, 1.82) is 5.41 Å². The normalized spacial score (nSPS) is 8.12. The summed E-state index contributed by atoms with van der Waals surface area (Å²) in [6.07, 6.45) is 1.43. The van der Waals surface area contributed by atoms with Gasteiger partial charge in [0.15, 0.2) is 0 Å². The third-order valence-electron chi connectivity index (χ3n) is 0.616. The summed E-state index contributed by atoms with van der Waals surface area (Å²) in [6, 6.07) is 0. The van der Waals surface area contributed by atoms with Crippen molar-refractivity contribution in [1.82, 2.24) is 0 Å². The molecule has 0 saturated heterocycles. The van der Waals surface area contributed by atoms with E-state index in [-0.39, 0.29) is 12.6 Å². The van der Waals surface area contributed by atoms with Crippen LogP contribution in [0.4, 0.5) is 0 Å². The molecule has 0 rings (SSSR count). The zero-order valence-electron chi connectivity index (χ0n) is 4.81. The van der Waals surface area contributed by atoms with Crippen molar-refractivity contribution in [3.63, 3.8) is 0 Å². The first kappa shape index (κ1) is 7.14. The quantitative estimate of drug-likeness (QED) is 0.432. The van der Waals surface area contributed by atoms with Gasteiger partial charge in [-0.3, -0.25) is 4.79 Å². The Balaban J connectivity index is 3.11. The SMILES string of the molecule is CCC(=O)OCC=N. The van der Waals surface area contributed by atoms with Crippen LogP contribution in [-0.2, 0) is 9.53 Å². The molecule has 0 heterocycles. The van der Waals surface area contributed by atoms with Gasteiger partial charge in [-0.25, -0.2) is 0 Å². The van der Waals surface area contributed by atoms with Crippen molar-refractivity contribution in [3.05, 3.63) is 0 Å². The van der Waals surface area contributed by atoms with E-state index in [9.17, 15) is 4.79 Å². The van der Waals surface area contributed by atoms with Gasteiger partial charge in [0.25, 0.3) is 0 Å². The van der Waals surface area contributed by atoms with Crippen LogP contribution in [0.25, 0.3) is 0 Å². The van der Waals surface area contributed by atoms with Gasteiger partial charge in [-0.15, -0.1) is 0 Å². The van der Waals surface area contributed by atoms with Crippen LogP contribution in [0.3, 0.4) is 0 Å². The van der Waals surface area contributed by atoms with Crippen LogP contribution in [0, 0.1) is 5.41 Å². The number of ether oxygens (including phenoxy) is 1. The lowest BCUT2D eigenvalue weighted by Crippen LogP contribution is -2.03. The molecule has 3 nitrogen and oxygen atoms in total. The van der Waals surface area contributed by atoms with Crippen molar-refractivity contribution in [2.24, 2.45) is 0 Å². The lowest BCUT2D eigenvalue weighted by molar-refractivity contribution is -0.141. The number of nitrogens with one attached hydrogen (secondary N) is 1. The maximum atomic E-state index is 10.2. The summed E-state index contributed by atoms with van der Waals surface area (Å²) in [5.74, 6) is -0.256. The second-order valence-corrected chi connectivity index (χ2v) is 1.24. The molecule has 3 heteroatoms. The molecule has 0 aromatic carbocycles. The number of hydrogen-bond donors (Lipinski definition) is 1. The van der Waals surface area contributed by atoms with Gasteiger partial charge >= 0.3 is 5.97 Å². The fourth-order valence-corrected chi connectivity index (χ4v) is 0.237. The smallest absolute Gasteiger partial charge is 0.305 e. The average Bonchev–Trinajstić information content (AvgIpc) is 1.83. The van der Waals surface area contributed by atoms with Gasteiger partial charge in [-0.1, -0.05) is 6.92 Å². The molecule has 0 bridgehead atoms. The van der Waals surface area contributed by atoms with E-state index in [1.807, 2.05) is 0 Å². The maximum Gasteiger partial charge on any atom is 0.305 e. The zero-order valence-corrected chi connectivity index (χ0v) is 4.81. The summed E-state index contributed by atoms with van der Waals surface area (Å²) in [5.41, 5.74) is 0. The monoisotopic (exact) mass is 115 g/mol. The highest BCUT2D eigenvalue weighted by Gasteiger charge is 1.92. The Hall–Kier alpha value is -0.860.